The Labute approximate surface area is 186 Å². The number of hydrogen-bond donors (Lipinski definition) is 2. The van der Waals surface area contributed by atoms with Crippen molar-refractivity contribution in [3.63, 3.8) is 0 Å². The Hall–Kier alpha value is -3.23. The molecular weight excluding hydrogens is 412 g/mol. The number of methoxy groups -OCH3 is 1. The summed E-state index contributed by atoms with van der Waals surface area (Å²) in [5.74, 6) is -0.395. The van der Waals surface area contributed by atoms with Gasteiger partial charge in [-0.3, -0.25) is 4.98 Å². The number of nitrogens with one attached hydrogen (secondary N) is 1. The molecule has 0 unspecified atom stereocenters. The molecule has 0 radical (unpaired) electrons. The number of carbonyl (C=O) groups is 1. The highest BCUT2D eigenvalue weighted by Gasteiger charge is 2.41. The summed E-state index contributed by atoms with van der Waals surface area (Å²) in [6, 6.07) is 16.8. The van der Waals surface area contributed by atoms with E-state index in [-0.39, 0.29) is 18.7 Å². The van der Waals surface area contributed by atoms with Crippen LogP contribution in [-0.4, -0.2) is 50.9 Å². The number of ether oxygens (including phenoxy) is 1. The van der Waals surface area contributed by atoms with Gasteiger partial charge in [0, 0.05) is 31.2 Å². The van der Waals surface area contributed by atoms with Gasteiger partial charge in [-0.1, -0.05) is 18.2 Å². The highest BCUT2D eigenvalue weighted by atomic mass is 32.1. The minimum Gasteiger partial charge on any atom is -0.465 e. The van der Waals surface area contributed by atoms with E-state index in [9.17, 15) is 9.90 Å². The highest BCUT2D eigenvalue weighted by Crippen LogP contribution is 2.39. The van der Waals surface area contributed by atoms with Crippen LogP contribution in [0.15, 0.2) is 67.0 Å². The third-order valence-electron chi connectivity index (χ3n) is 5.41. The predicted octanol–water partition coefficient (Wildman–Crippen LogP) is 3.01. The fourth-order valence-electron chi connectivity index (χ4n) is 4.03. The Balaban J connectivity index is 1.83. The number of thiocarbonyl (C=S) groups is 1. The first-order valence-corrected chi connectivity index (χ1v) is 10.5. The largest absolute Gasteiger partial charge is 0.465 e. The molecule has 0 spiro atoms. The third-order valence-corrected chi connectivity index (χ3v) is 5.76. The molecule has 0 amide bonds. The van der Waals surface area contributed by atoms with Crippen LogP contribution in [0, 0.1) is 0 Å². The molecule has 8 heteroatoms. The standard InChI is InChI=1S/C23H24N4O3S/c1-30-22(29)16-8-2-3-10-18(16)26-13-6-11-19(26)21-20(17-9-4-5-12-24-17)25-23(31)27(21)14-7-15-28/h2-6,8-13,20-21,28H,7,14-15H2,1H3,(H,25,31)/t20-,21+/m1/s1. The maximum Gasteiger partial charge on any atom is 0.339 e. The monoisotopic (exact) mass is 436 g/mol. The summed E-state index contributed by atoms with van der Waals surface area (Å²) in [6.07, 6.45) is 4.28. The molecule has 0 saturated carbocycles. The van der Waals surface area contributed by atoms with Crippen LogP contribution in [0.3, 0.4) is 0 Å². The molecule has 3 aromatic rings. The van der Waals surface area contributed by atoms with Crippen LogP contribution in [0.2, 0.25) is 0 Å². The van der Waals surface area contributed by atoms with Gasteiger partial charge in [-0.15, -0.1) is 0 Å². The van der Waals surface area contributed by atoms with E-state index >= 15 is 0 Å². The summed E-state index contributed by atoms with van der Waals surface area (Å²) in [4.78, 5) is 19.0. The fourth-order valence-corrected chi connectivity index (χ4v) is 4.36. The van der Waals surface area contributed by atoms with Gasteiger partial charge in [-0.2, -0.15) is 0 Å². The van der Waals surface area contributed by atoms with Crippen molar-refractivity contribution in [1.29, 1.82) is 0 Å². The first-order chi connectivity index (χ1) is 15.2. The molecule has 0 bridgehead atoms. The third kappa shape index (κ3) is 4.04. The van der Waals surface area contributed by atoms with Crippen LogP contribution in [0.1, 0.15) is 40.3 Å². The molecule has 4 rings (SSSR count). The lowest BCUT2D eigenvalue weighted by molar-refractivity contribution is 0.0600. The lowest BCUT2D eigenvalue weighted by Crippen LogP contribution is -2.32. The van der Waals surface area contributed by atoms with Crippen molar-refractivity contribution in [3.05, 3.63) is 83.9 Å². The summed E-state index contributed by atoms with van der Waals surface area (Å²) < 4.78 is 6.98. The first-order valence-electron chi connectivity index (χ1n) is 10.1. The zero-order valence-electron chi connectivity index (χ0n) is 17.1. The van der Waals surface area contributed by atoms with E-state index in [1.807, 2.05) is 59.3 Å². The van der Waals surface area contributed by atoms with E-state index in [0.29, 0.717) is 23.6 Å². The molecule has 1 saturated heterocycles. The Morgan fingerprint density at radius 1 is 1.19 bits per heavy atom. The maximum atomic E-state index is 12.4. The number of pyridine rings is 1. The molecule has 160 valence electrons. The SMILES string of the molecule is COC(=O)c1ccccc1-n1cccc1[C@H]1[C@@H](c2ccccn2)NC(=S)N1CCCO. The lowest BCUT2D eigenvalue weighted by atomic mass is 10.0. The van der Waals surface area contributed by atoms with E-state index in [2.05, 4.69) is 15.2 Å². The van der Waals surface area contributed by atoms with Crippen molar-refractivity contribution in [3.8, 4) is 5.69 Å². The van der Waals surface area contributed by atoms with Crippen LogP contribution in [0.5, 0.6) is 0 Å². The van der Waals surface area contributed by atoms with Gasteiger partial charge in [0.15, 0.2) is 5.11 Å². The summed E-state index contributed by atoms with van der Waals surface area (Å²) >= 11 is 5.65. The molecule has 2 aromatic heterocycles. The Bertz CT molecular complexity index is 1070. The normalized spacial score (nSPS) is 18.1. The number of aromatic nitrogens is 2. The predicted molar refractivity (Wildman–Crippen MR) is 121 cm³/mol. The quantitative estimate of drug-likeness (QED) is 0.435. The van der Waals surface area contributed by atoms with Crippen molar-refractivity contribution < 1.29 is 14.6 Å². The molecule has 2 atom stereocenters. The zero-order valence-corrected chi connectivity index (χ0v) is 18.0. The number of nitrogens with zero attached hydrogens (tertiary/aromatic N) is 3. The summed E-state index contributed by atoms with van der Waals surface area (Å²) in [5.41, 5.74) is 3.04. The van der Waals surface area contributed by atoms with E-state index < -0.39 is 5.97 Å². The van der Waals surface area contributed by atoms with Gasteiger partial charge >= 0.3 is 5.97 Å². The average molecular weight is 437 g/mol. The second kappa shape index (κ2) is 9.28. The second-order valence-electron chi connectivity index (χ2n) is 7.21. The van der Waals surface area contributed by atoms with Gasteiger partial charge in [-0.05, 0) is 55.0 Å². The van der Waals surface area contributed by atoms with E-state index in [0.717, 1.165) is 17.1 Å². The van der Waals surface area contributed by atoms with Crippen molar-refractivity contribution in [1.82, 2.24) is 19.8 Å². The number of para-hydroxylation sites is 1. The Morgan fingerprint density at radius 2 is 2.00 bits per heavy atom. The molecule has 1 fully saturated rings. The van der Waals surface area contributed by atoms with E-state index in [1.165, 1.54) is 7.11 Å². The van der Waals surface area contributed by atoms with Crippen molar-refractivity contribution in [2.75, 3.05) is 20.3 Å². The van der Waals surface area contributed by atoms with Crippen LogP contribution in [0.4, 0.5) is 0 Å². The molecule has 1 aromatic carbocycles. The number of carbonyl (C=O) groups excluding carboxylic acids is 1. The molecule has 7 nitrogen and oxygen atoms in total. The number of hydrogen-bond acceptors (Lipinski definition) is 5. The molecule has 3 heterocycles. The number of aliphatic hydroxyl groups excluding tert-OH is 1. The van der Waals surface area contributed by atoms with Crippen LogP contribution in [0.25, 0.3) is 5.69 Å². The van der Waals surface area contributed by atoms with Gasteiger partial charge in [0.05, 0.1) is 36.1 Å². The minimum absolute atomic E-state index is 0.0757. The molecule has 2 N–H and O–H groups in total. The Morgan fingerprint density at radius 3 is 2.74 bits per heavy atom. The lowest BCUT2D eigenvalue weighted by Gasteiger charge is -2.29. The maximum absolute atomic E-state index is 12.4. The van der Waals surface area contributed by atoms with Gasteiger partial charge in [-0.25, -0.2) is 4.79 Å². The smallest absolute Gasteiger partial charge is 0.339 e. The van der Waals surface area contributed by atoms with Gasteiger partial charge < -0.3 is 24.6 Å². The highest BCUT2D eigenvalue weighted by molar-refractivity contribution is 7.80. The van der Waals surface area contributed by atoms with Crippen molar-refractivity contribution in [2.24, 2.45) is 0 Å². The summed E-state index contributed by atoms with van der Waals surface area (Å²) in [6.45, 7) is 0.673. The molecule has 1 aliphatic heterocycles. The second-order valence-corrected chi connectivity index (χ2v) is 7.60. The van der Waals surface area contributed by atoms with Crippen molar-refractivity contribution >= 4 is 23.3 Å². The van der Waals surface area contributed by atoms with Gasteiger partial charge in [0.25, 0.3) is 0 Å². The van der Waals surface area contributed by atoms with Gasteiger partial charge in [0.2, 0.25) is 0 Å². The number of benzene rings is 1. The van der Waals surface area contributed by atoms with Gasteiger partial charge in [0.1, 0.15) is 0 Å². The van der Waals surface area contributed by atoms with E-state index in [1.54, 1.807) is 12.3 Å². The Kier molecular flexibility index (Phi) is 6.29. The number of aliphatic hydroxyl groups is 1. The van der Waals surface area contributed by atoms with Crippen LogP contribution in [-0.2, 0) is 4.74 Å². The minimum atomic E-state index is -0.395. The van der Waals surface area contributed by atoms with Crippen LogP contribution >= 0.6 is 12.2 Å². The number of rotatable bonds is 7. The fraction of sp³-hybridized carbons (Fsp3) is 0.261. The summed E-state index contributed by atoms with van der Waals surface area (Å²) in [5, 5.41) is 13.4. The van der Waals surface area contributed by atoms with Crippen molar-refractivity contribution in [2.45, 2.75) is 18.5 Å². The molecule has 0 aliphatic carbocycles. The summed E-state index contributed by atoms with van der Waals surface area (Å²) in [7, 11) is 1.38. The van der Waals surface area contributed by atoms with E-state index in [4.69, 9.17) is 17.0 Å². The molecule has 1 aliphatic rings. The average Bonchev–Trinajstić information content (AvgIpc) is 3.41. The molecule has 31 heavy (non-hydrogen) atoms. The first kappa shape index (κ1) is 21.0. The number of esters is 1. The van der Waals surface area contributed by atoms with Crippen LogP contribution < -0.4 is 5.32 Å². The molecular formula is C23H24N4O3S. The topological polar surface area (TPSA) is 79.6 Å². The zero-order chi connectivity index (χ0) is 21.8.